The summed E-state index contributed by atoms with van der Waals surface area (Å²) in [7, 11) is 0. The molecule has 2 rings (SSSR count). The van der Waals surface area contributed by atoms with Crippen LogP contribution >= 0.6 is 0 Å². The van der Waals surface area contributed by atoms with E-state index in [1.165, 1.54) is 5.57 Å². The zero-order valence-electron chi connectivity index (χ0n) is 11.5. The van der Waals surface area contributed by atoms with E-state index >= 15 is 0 Å². The molecule has 2 nitrogen and oxygen atoms in total. The van der Waals surface area contributed by atoms with Crippen molar-refractivity contribution in [3.05, 3.63) is 48.0 Å². The second kappa shape index (κ2) is 4.34. The predicted molar refractivity (Wildman–Crippen MR) is 74.1 cm³/mol. The van der Waals surface area contributed by atoms with E-state index in [1.54, 1.807) is 6.08 Å². The molecular weight excluding hydrogens is 224 g/mol. The number of rotatable bonds is 2. The van der Waals surface area contributed by atoms with Crippen LogP contribution in [0.5, 0.6) is 0 Å². The lowest BCUT2D eigenvalue weighted by Crippen LogP contribution is -2.44. The fraction of sp³-hybridized carbons (Fsp3) is 0.500. The van der Waals surface area contributed by atoms with Crippen molar-refractivity contribution in [3.8, 4) is 0 Å². The molecule has 0 aromatic rings. The third kappa shape index (κ3) is 2.00. The lowest BCUT2D eigenvalue weighted by Gasteiger charge is -2.46. The Balaban J connectivity index is 2.58. The van der Waals surface area contributed by atoms with Crippen LogP contribution in [0.2, 0.25) is 0 Å². The van der Waals surface area contributed by atoms with Crippen LogP contribution in [0.15, 0.2) is 48.0 Å². The van der Waals surface area contributed by atoms with Crippen LogP contribution < -0.4 is 0 Å². The number of fused-ring (bicyclic) bond motifs is 1. The van der Waals surface area contributed by atoms with Crippen LogP contribution in [0.25, 0.3) is 0 Å². The summed E-state index contributed by atoms with van der Waals surface area (Å²) in [4.78, 5) is 0. The van der Waals surface area contributed by atoms with Crippen molar-refractivity contribution in [1.29, 1.82) is 0 Å². The molecule has 18 heavy (non-hydrogen) atoms. The number of ether oxygens (including phenoxy) is 1. The fourth-order valence-electron chi connectivity index (χ4n) is 3.20. The number of hydrogen-bond donors (Lipinski definition) is 1. The molecule has 2 heteroatoms. The van der Waals surface area contributed by atoms with E-state index < -0.39 is 0 Å². The van der Waals surface area contributed by atoms with E-state index in [0.29, 0.717) is 11.7 Å². The zero-order valence-corrected chi connectivity index (χ0v) is 11.5. The summed E-state index contributed by atoms with van der Waals surface area (Å²) in [5.74, 6) is 1.33. The quantitative estimate of drug-likeness (QED) is 0.582. The summed E-state index contributed by atoms with van der Waals surface area (Å²) < 4.78 is 6.01. The van der Waals surface area contributed by atoms with Gasteiger partial charge in [0.25, 0.3) is 0 Å². The van der Waals surface area contributed by atoms with Crippen LogP contribution in [0.4, 0.5) is 0 Å². The van der Waals surface area contributed by atoms with E-state index in [4.69, 9.17) is 4.74 Å². The van der Waals surface area contributed by atoms with E-state index in [1.807, 2.05) is 0 Å². The summed E-state index contributed by atoms with van der Waals surface area (Å²) >= 11 is 0. The second-order valence-electron chi connectivity index (χ2n) is 5.82. The number of aliphatic hydroxyl groups excluding tert-OH is 1. The van der Waals surface area contributed by atoms with Gasteiger partial charge in [0.2, 0.25) is 0 Å². The van der Waals surface area contributed by atoms with Gasteiger partial charge in [-0.25, -0.2) is 0 Å². The highest BCUT2D eigenvalue weighted by Gasteiger charge is 2.45. The van der Waals surface area contributed by atoms with Gasteiger partial charge in [-0.2, -0.15) is 0 Å². The first-order valence-electron chi connectivity index (χ1n) is 6.48. The Morgan fingerprint density at radius 2 is 2.22 bits per heavy atom. The minimum Gasteiger partial charge on any atom is -0.508 e. The first-order chi connectivity index (χ1) is 8.36. The van der Waals surface area contributed by atoms with E-state index in [-0.39, 0.29) is 17.3 Å². The molecule has 2 atom stereocenters. The summed E-state index contributed by atoms with van der Waals surface area (Å²) in [5, 5.41) is 9.86. The van der Waals surface area contributed by atoms with E-state index in [2.05, 4.69) is 40.0 Å². The molecule has 1 aliphatic carbocycles. The summed E-state index contributed by atoms with van der Waals surface area (Å²) in [6.45, 7) is 13.8. The normalized spacial score (nSPS) is 30.1. The maximum absolute atomic E-state index is 9.86. The zero-order chi connectivity index (χ0) is 13.5. The van der Waals surface area contributed by atoms with Gasteiger partial charge in [0, 0.05) is 17.4 Å². The summed E-state index contributed by atoms with van der Waals surface area (Å²) in [5.41, 5.74) is 1.94. The lowest BCUT2D eigenvalue weighted by atomic mass is 9.67. The Morgan fingerprint density at radius 3 is 2.78 bits per heavy atom. The predicted octanol–water partition coefficient (Wildman–Crippen LogP) is 4.28. The molecular formula is C16H22O2. The van der Waals surface area contributed by atoms with Gasteiger partial charge in [0.05, 0.1) is 0 Å². The summed E-state index contributed by atoms with van der Waals surface area (Å²) in [6, 6.07) is 0. The molecule has 1 N–H and O–H groups in total. The highest BCUT2D eigenvalue weighted by Crippen LogP contribution is 2.48. The molecule has 0 fully saturated rings. The monoisotopic (exact) mass is 246 g/mol. The molecule has 0 aromatic carbocycles. The second-order valence-corrected chi connectivity index (χ2v) is 5.82. The molecule has 0 amide bonds. The van der Waals surface area contributed by atoms with Crippen molar-refractivity contribution in [2.45, 2.75) is 39.2 Å². The molecule has 2 aliphatic rings. The maximum Gasteiger partial charge on any atom is 0.127 e. The number of allylic oxidation sites excluding steroid dienone is 4. The molecule has 1 heterocycles. The Labute approximate surface area is 109 Å². The molecule has 0 radical (unpaired) electrons. The van der Waals surface area contributed by atoms with Crippen molar-refractivity contribution < 1.29 is 9.84 Å². The van der Waals surface area contributed by atoms with E-state index in [9.17, 15) is 5.11 Å². The van der Waals surface area contributed by atoms with Gasteiger partial charge in [-0.05, 0) is 39.7 Å². The smallest absolute Gasteiger partial charge is 0.127 e. The van der Waals surface area contributed by atoms with Gasteiger partial charge < -0.3 is 9.84 Å². The van der Waals surface area contributed by atoms with Gasteiger partial charge in [0.1, 0.15) is 17.1 Å². The molecule has 1 aliphatic heterocycles. The molecule has 0 unspecified atom stereocenters. The Bertz CT molecular complexity index is 452. The number of aliphatic hydroxyl groups is 1. The highest BCUT2D eigenvalue weighted by atomic mass is 16.5. The van der Waals surface area contributed by atoms with Crippen LogP contribution in [-0.4, -0.2) is 10.7 Å². The van der Waals surface area contributed by atoms with Crippen LogP contribution in [0.3, 0.4) is 0 Å². The SMILES string of the molecule is C=CC1=C(C(=C)O)[C@@H]2C=C(C)CC[C@H]2C(C)(C)O1. The number of hydrogen-bond acceptors (Lipinski definition) is 2. The lowest BCUT2D eigenvalue weighted by molar-refractivity contribution is -0.0474. The van der Waals surface area contributed by atoms with Gasteiger partial charge in [0.15, 0.2) is 0 Å². The third-order valence-corrected chi connectivity index (χ3v) is 4.11. The Morgan fingerprint density at radius 1 is 1.56 bits per heavy atom. The average molecular weight is 246 g/mol. The van der Waals surface area contributed by atoms with Crippen molar-refractivity contribution in [1.82, 2.24) is 0 Å². The van der Waals surface area contributed by atoms with Crippen molar-refractivity contribution in [2.75, 3.05) is 0 Å². The topological polar surface area (TPSA) is 29.5 Å². The third-order valence-electron chi connectivity index (χ3n) is 4.11. The van der Waals surface area contributed by atoms with Gasteiger partial charge >= 0.3 is 0 Å². The molecule has 0 saturated heterocycles. The molecule has 0 spiro atoms. The average Bonchev–Trinajstić information content (AvgIpc) is 2.26. The molecule has 0 saturated carbocycles. The first-order valence-corrected chi connectivity index (χ1v) is 6.48. The Hall–Kier alpha value is -1.44. The molecule has 98 valence electrons. The standard InChI is InChI=1S/C16H22O2/c1-6-14-15(11(3)17)12-9-10(2)7-8-13(12)16(4,5)18-14/h6,9,12-13,17H,1,3,7-8H2,2,4-5H3/t12-,13-/m1/s1. The van der Waals surface area contributed by atoms with Gasteiger partial charge in [-0.15, -0.1) is 0 Å². The fourth-order valence-corrected chi connectivity index (χ4v) is 3.20. The Kier molecular flexibility index (Phi) is 3.14. The largest absolute Gasteiger partial charge is 0.508 e. The first kappa shape index (κ1) is 13.0. The minimum absolute atomic E-state index is 0.0985. The van der Waals surface area contributed by atoms with Crippen LogP contribution in [0, 0.1) is 11.8 Å². The van der Waals surface area contributed by atoms with Crippen molar-refractivity contribution in [3.63, 3.8) is 0 Å². The molecule has 0 bridgehead atoms. The van der Waals surface area contributed by atoms with E-state index in [0.717, 1.165) is 18.4 Å². The minimum atomic E-state index is -0.232. The van der Waals surface area contributed by atoms with Gasteiger partial charge in [-0.3, -0.25) is 0 Å². The van der Waals surface area contributed by atoms with Crippen LogP contribution in [0.1, 0.15) is 33.6 Å². The molecule has 0 aromatic heterocycles. The highest BCUT2D eigenvalue weighted by molar-refractivity contribution is 5.40. The van der Waals surface area contributed by atoms with Gasteiger partial charge in [-0.1, -0.05) is 24.8 Å². The van der Waals surface area contributed by atoms with Crippen LogP contribution in [-0.2, 0) is 4.74 Å². The van der Waals surface area contributed by atoms with Crippen molar-refractivity contribution >= 4 is 0 Å². The summed E-state index contributed by atoms with van der Waals surface area (Å²) in [6.07, 6.45) is 6.11. The van der Waals surface area contributed by atoms with Crippen molar-refractivity contribution in [2.24, 2.45) is 11.8 Å². The maximum atomic E-state index is 9.86.